The minimum Gasteiger partial charge on any atom is -0.322 e. The molecule has 0 fully saturated rings. The number of hydrogen-bond acceptors (Lipinski definition) is 4. The standard InChI is InChI=1S/C18H14ClFN4O3/c1-11-15(10-23(22-11)9-12-3-2-4-13(19)7-12)18(25)21-14-5-6-16(20)17(8-14)24(26)27/h2-8,10H,9H2,1H3,(H,21,25). The molecule has 0 saturated heterocycles. The Balaban J connectivity index is 1.78. The Morgan fingerprint density at radius 3 is 2.81 bits per heavy atom. The van der Waals surface area contributed by atoms with Gasteiger partial charge < -0.3 is 5.32 Å². The van der Waals surface area contributed by atoms with Crippen LogP contribution in [0, 0.1) is 22.9 Å². The Bertz CT molecular complexity index is 1040. The van der Waals surface area contributed by atoms with Crippen LogP contribution in [0.3, 0.4) is 0 Å². The Morgan fingerprint density at radius 1 is 1.33 bits per heavy atom. The minimum atomic E-state index is -0.969. The predicted octanol–water partition coefficient (Wildman–Crippen LogP) is 4.19. The maximum atomic E-state index is 13.4. The highest BCUT2D eigenvalue weighted by molar-refractivity contribution is 6.30. The van der Waals surface area contributed by atoms with Gasteiger partial charge in [-0.2, -0.15) is 9.49 Å². The number of anilines is 1. The fraction of sp³-hybridized carbons (Fsp3) is 0.111. The van der Waals surface area contributed by atoms with Crippen LogP contribution in [-0.2, 0) is 6.54 Å². The van der Waals surface area contributed by atoms with Crippen molar-refractivity contribution in [1.82, 2.24) is 9.78 Å². The van der Waals surface area contributed by atoms with Gasteiger partial charge in [0.15, 0.2) is 0 Å². The van der Waals surface area contributed by atoms with Crippen LogP contribution in [0.2, 0.25) is 5.02 Å². The fourth-order valence-electron chi connectivity index (χ4n) is 2.57. The summed E-state index contributed by atoms with van der Waals surface area (Å²) in [6.45, 7) is 2.10. The molecule has 0 unspecified atom stereocenters. The van der Waals surface area contributed by atoms with Crippen molar-refractivity contribution in [2.75, 3.05) is 5.32 Å². The summed E-state index contributed by atoms with van der Waals surface area (Å²) in [5.41, 5.74) is 1.14. The van der Waals surface area contributed by atoms with Gasteiger partial charge in [-0.15, -0.1) is 0 Å². The number of rotatable bonds is 5. The molecule has 0 aliphatic heterocycles. The predicted molar refractivity (Wildman–Crippen MR) is 98.5 cm³/mol. The van der Waals surface area contributed by atoms with E-state index in [0.717, 1.165) is 17.7 Å². The average Bonchev–Trinajstić information content (AvgIpc) is 2.96. The summed E-state index contributed by atoms with van der Waals surface area (Å²) in [5.74, 6) is -1.46. The lowest BCUT2D eigenvalue weighted by molar-refractivity contribution is -0.387. The van der Waals surface area contributed by atoms with E-state index in [-0.39, 0.29) is 5.69 Å². The molecule has 9 heteroatoms. The number of benzene rings is 2. The van der Waals surface area contributed by atoms with Gasteiger partial charge in [-0.3, -0.25) is 19.6 Å². The molecule has 0 radical (unpaired) electrons. The molecule has 1 heterocycles. The van der Waals surface area contributed by atoms with Crippen molar-refractivity contribution >= 4 is 28.9 Å². The molecular weight excluding hydrogens is 375 g/mol. The van der Waals surface area contributed by atoms with E-state index >= 15 is 0 Å². The largest absolute Gasteiger partial charge is 0.322 e. The van der Waals surface area contributed by atoms with Crippen LogP contribution in [0.15, 0.2) is 48.7 Å². The Morgan fingerprint density at radius 2 is 2.11 bits per heavy atom. The maximum absolute atomic E-state index is 13.4. The van der Waals surface area contributed by atoms with E-state index in [4.69, 9.17) is 11.6 Å². The van der Waals surface area contributed by atoms with Gasteiger partial charge in [0.1, 0.15) is 0 Å². The molecular formula is C18H14ClFN4O3. The SMILES string of the molecule is Cc1nn(Cc2cccc(Cl)c2)cc1C(=O)Nc1ccc(F)c([N+](=O)[O-])c1. The number of nitrogens with zero attached hydrogens (tertiary/aromatic N) is 3. The van der Waals surface area contributed by atoms with Crippen LogP contribution >= 0.6 is 11.6 Å². The zero-order valence-electron chi connectivity index (χ0n) is 14.1. The number of nitro benzene ring substituents is 1. The van der Waals surface area contributed by atoms with E-state index in [9.17, 15) is 19.3 Å². The van der Waals surface area contributed by atoms with Crippen molar-refractivity contribution in [2.24, 2.45) is 0 Å². The van der Waals surface area contributed by atoms with Crippen molar-refractivity contribution in [3.63, 3.8) is 0 Å². The highest BCUT2D eigenvalue weighted by atomic mass is 35.5. The summed E-state index contributed by atoms with van der Waals surface area (Å²) >= 11 is 5.97. The van der Waals surface area contributed by atoms with E-state index < -0.39 is 22.3 Å². The van der Waals surface area contributed by atoms with Crippen molar-refractivity contribution in [1.29, 1.82) is 0 Å². The molecule has 0 spiro atoms. The number of carbonyl (C=O) groups excluding carboxylic acids is 1. The van der Waals surface area contributed by atoms with Crippen LogP contribution in [0.1, 0.15) is 21.6 Å². The van der Waals surface area contributed by atoms with Gasteiger partial charge in [-0.25, -0.2) is 0 Å². The van der Waals surface area contributed by atoms with Gasteiger partial charge >= 0.3 is 5.69 Å². The van der Waals surface area contributed by atoms with Crippen LogP contribution in [0.4, 0.5) is 15.8 Å². The van der Waals surface area contributed by atoms with Gasteiger partial charge in [0.05, 0.1) is 22.7 Å². The average molecular weight is 389 g/mol. The second-order valence-electron chi connectivity index (χ2n) is 5.83. The highest BCUT2D eigenvalue weighted by Gasteiger charge is 2.18. The lowest BCUT2D eigenvalue weighted by atomic mass is 10.2. The molecule has 0 atom stereocenters. The molecule has 7 nitrogen and oxygen atoms in total. The molecule has 1 amide bonds. The van der Waals surface area contributed by atoms with Crippen molar-refractivity contribution in [2.45, 2.75) is 13.5 Å². The molecule has 0 bridgehead atoms. The van der Waals surface area contributed by atoms with Gasteiger partial charge in [-0.05, 0) is 36.8 Å². The second kappa shape index (κ2) is 7.55. The number of nitrogens with one attached hydrogen (secondary N) is 1. The van der Waals surface area contributed by atoms with E-state index in [1.54, 1.807) is 29.9 Å². The first-order chi connectivity index (χ1) is 12.8. The van der Waals surface area contributed by atoms with Gasteiger partial charge in [0.25, 0.3) is 5.91 Å². The molecule has 1 N–H and O–H groups in total. The summed E-state index contributed by atoms with van der Waals surface area (Å²) in [5, 5.41) is 18.2. The molecule has 0 aliphatic carbocycles. The molecule has 2 aromatic carbocycles. The zero-order chi connectivity index (χ0) is 19.6. The third-order valence-electron chi connectivity index (χ3n) is 3.83. The topological polar surface area (TPSA) is 90.1 Å². The second-order valence-corrected chi connectivity index (χ2v) is 6.27. The molecule has 0 aliphatic rings. The third-order valence-corrected chi connectivity index (χ3v) is 4.06. The van der Waals surface area contributed by atoms with Crippen LogP contribution < -0.4 is 5.32 Å². The molecule has 3 aromatic rings. The number of aryl methyl sites for hydroxylation is 1. The first-order valence-corrected chi connectivity index (χ1v) is 8.25. The molecule has 27 heavy (non-hydrogen) atoms. The fourth-order valence-corrected chi connectivity index (χ4v) is 2.79. The highest BCUT2D eigenvalue weighted by Crippen LogP contribution is 2.22. The minimum absolute atomic E-state index is 0.120. The van der Waals surface area contributed by atoms with Crippen molar-refractivity contribution in [3.8, 4) is 0 Å². The van der Waals surface area contributed by atoms with Crippen molar-refractivity contribution in [3.05, 3.63) is 86.4 Å². The summed E-state index contributed by atoms with van der Waals surface area (Å²) in [4.78, 5) is 22.4. The van der Waals surface area contributed by atoms with Gasteiger partial charge in [0.2, 0.25) is 5.82 Å². The van der Waals surface area contributed by atoms with E-state index in [2.05, 4.69) is 10.4 Å². The molecule has 138 valence electrons. The quantitative estimate of drug-likeness (QED) is 0.524. The lowest BCUT2D eigenvalue weighted by Gasteiger charge is -2.04. The molecule has 1 aromatic heterocycles. The van der Waals surface area contributed by atoms with Gasteiger partial charge in [0, 0.05) is 23.0 Å². The Labute approximate surface area is 158 Å². The van der Waals surface area contributed by atoms with Crippen LogP contribution in [0.25, 0.3) is 0 Å². The number of aromatic nitrogens is 2. The van der Waals surface area contributed by atoms with E-state index in [1.165, 1.54) is 6.07 Å². The van der Waals surface area contributed by atoms with Gasteiger partial charge in [-0.1, -0.05) is 23.7 Å². The summed E-state index contributed by atoms with van der Waals surface area (Å²) in [7, 11) is 0. The maximum Gasteiger partial charge on any atom is 0.306 e. The lowest BCUT2D eigenvalue weighted by Crippen LogP contribution is -2.12. The summed E-state index contributed by atoms with van der Waals surface area (Å²) in [6, 6.07) is 10.4. The third kappa shape index (κ3) is 4.29. The Hall–Kier alpha value is -3.26. The van der Waals surface area contributed by atoms with Crippen molar-refractivity contribution < 1.29 is 14.1 Å². The zero-order valence-corrected chi connectivity index (χ0v) is 14.9. The Kier molecular flexibility index (Phi) is 5.18. The number of halogens is 2. The smallest absolute Gasteiger partial charge is 0.306 e. The first-order valence-electron chi connectivity index (χ1n) is 7.87. The summed E-state index contributed by atoms with van der Waals surface area (Å²) in [6.07, 6.45) is 1.57. The number of carbonyl (C=O) groups is 1. The number of amides is 1. The van der Waals surface area contributed by atoms with Crippen LogP contribution in [-0.4, -0.2) is 20.6 Å². The van der Waals surface area contributed by atoms with E-state index in [0.29, 0.717) is 22.8 Å². The molecule has 3 rings (SSSR count). The van der Waals surface area contributed by atoms with Crippen LogP contribution in [0.5, 0.6) is 0 Å². The molecule has 0 saturated carbocycles. The summed E-state index contributed by atoms with van der Waals surface area (Å²) < 4.78 is 15.0. The number of nitro groups is 1. The number of hydrogen-bond donors (Lipinski definition) is 1. The normalized spacial score (nSPS) is 10.6. The first kappa shape index (κ1) is 18.5. The monoisotopic (exact) mass is 388 g/mol. The van der Waals surface area contributed by atoms with E-state index in [1.807, 2.05) is 12.1 Å².